The van der Waals surface area contributed by atoms with E-state index in [-0.39, 0.29) is 0 Å². The largest absolute Gasteiger partial charge is 0.490 e. The number of rotatable bonds is 5. The average Bonchev–Trinajstić information content (AvgIpc) is 3.62. The van der Waals surface area contributed by atoms with E-state index in [1.165, 1.54) is 0 Å². The monoisotopic (exact) mass is 553 g/mol. The summed E-state index contributed by atoms with van der Waals surface area (Å²) in [7, 11) is 2.15. The normalized spacial score (nSPS) is 14.6. The van der Waals surface area contributed by atoms with Gasteiger partial charge in [0.15, 0.2) is 11.5 Å². The highest BCUT2D eigenvalue weighted by Gasteiger charge is 2.38. The Hall–Kier alpha value is -3.91. The zero-order valence-electron chi connectivity index (χ0n) is 20.1. The van der Waals surface area contributed by atoms with Gasteiger partial charge in [-0.3, -0.25) is 4.68 Å². The number of carboxylic acid groups (broad SMARTS) is 1. The quantitative estimate of drug-likeness (QED) is 0.386. The van der Waals surface area contributed by atoms with Gasteiger partial charge in [-0.25, -0.2) is 4.79 Å². The molecule has 3 aromatic heterocycles. The number of likely N-dealkylation sites (N-methyl/N-ethyl adjacent to an activating group) is 1. The number of benzene rings is 1. The lowest BCUT2D eigenvalue weighted by Crippen LogP contribution is -2.28. The molecule has 1 aliphatic heterocycles. The third-order valence-corrected chi connectivity index (χ3v) is 5.89. The van der Waals surface area contributed by atoms with Crippen molar-refractivity contribution < 1.29 is 32.1 Å². The van der Waals surface area contributed by atoms with E-state index in [4.69, 9.17) is 30.5 Å². The van der Waals surface area contributed by atoms with E-state index < -0.39 is 12.1 Å². The second-order valence-corrected chi connectivity index (χ2v) is 8.83. The number of nitrogens with zero attached hydrogens (tertiary/aromatic N) is 7. The summed E-state index contributed by atoms with van der Waals surface area (Å²) >= 11 is 6.62. The van der Waals surface area contributed by atoms with Crippen LogP contribution in [0.2, 0.25) is 5.02 Å². The molecule has 4 aromatic rings. The molecule has 0 radical (unpaired) electrons. The van der Waals surface area contributed by atoms with E-state index >= 15 is 0 Å². The lowest BCUT2D eigenvalue weighted by Gasteiger charge is -2.24. The van der Waals surface area contributed by atoms with Crippen LogP contribution in [-0.2, 0) is 11.3 Å². The van der Waals surface area contributed by atoms with Gasteiger partial charge in [0.25, 0.3) is 5.89 Å². The predicted molar refractivity (Wildman–Crippen MR) is 130 cm³/mol. The van der Waals surface area contributed by atoms with Gasteiger partial charge >= 0.3 is 12.1 Å². The van der Waals surface area contributed by atoms with Crippen LogP contribution in [-0.4, -0.2) is 80.5 Å². The van der Waals surface area contributed by atoms with Crippen LogP contribution in [0.1, 0.15) is 12.2 Å². The van der Waals surface area contributed by atoms with Crippen LogP contribution in [0.25, 0.3) is 23.0 Å². The van der Waals surface area contributed by atoms with E-state index in [2.05, 4.69) is 37.2 Å². The number of aromatic nitrogens is 5. The molecule has 5 rings (SSSR count). The number of hydrogen-bond donors (Lipinski definition) is 1. The summed E-state index contributed by atoms with van der Waals surface area (Å²) < 4.78 is 44.2. The maximum Gasteiger partial charge on any atom is 0.490 e. The van der Waals surface area contributed by atoms with Gasteiger partial charge < -0.3 is 24.0 Å². The number of alkyl halides is 3. The Bertz CT molecular complexity index is 1360. The second-order valence-electron chi connectivity index (χ2n) is 8.42. The molecule has 1 aromatic carbocycles. The molecular formula is C23H23ClF3N7O4. The lowest BCUT2D eigenvalue weighted by atomic mass is 10.1. The van der Waals surface area contributed by atoms with Crippen molar-refractivity contribution in [1.82, 2.24) is 30.0 Å². The van der Waals surface area contributed by atoms with Gasteiger partial charge in [0.2, 0.25) is 5.82 Å². The van der Waals surface area contributed by atoms with Gasteiger partial charge in [-0.1, -0.05) is 21.9 Å². The van der Waals surface area contributed by atoms with Crippen LogP contribution >= 0.6 is 11.6 Å². The van der Waals surface area contributed by atoms with Crippen molar-refractivity contribution in [3.05, 3.63) is 53.5 Å². The molecule has 0 spiro atoms. The molecule has 1 N–H and O–H groups in total. The zero-order chi connectivity index (χ0) is 27.3. The Morgan fingerprint density at radius 2 is 1.92 bits per heavy atom. The summed E-state index contributed by atoms with van der Waals surface area (Å²) in [6.45, 7) is 4.54. The van der Waals surface area contributed by atoms with E-state index in [1.807, 2.05) is 30.5 Å². The number of aliphatic carboxylic acids is 1. The average molecular weight is 554 g/mol. The van der Waals surface area contributed by atoms with Crippen molar-refractivity contribution in [3.63, 3.8) is 0 Å². The lowest BCUT2D eigenvalue weighted by molar-refractivity contribution is -0.192. The third-order valence-electron chi connectivity index (χ3n) is 5.59. The Labute approximate surface area is 219 Å². The molecule has 202 valence electrons. The SMILES string of the molecule is CN1CCCN(c2ccc(-c3noc(-c4cc(Cn5cccn5)on4)n3)cc2Cl)CC1.O=C(O)C(F)(F)F. The summed E-state index contributed by atoms with van der Waals surface area (Å²) in [5.41, 5.74) is 2.30. The third kappa shape index (κ3) is 6.89. The molecule has 0 aliphatic carbocycles. The number of carbonyl (C=O) groups is 1. The first-order valence-corrected chi connectivity index (χ1v) is 11.8. The van der Waals surface area contributed by atoms with Crippen LogP contribution in [0.15, 0.2) is 51.8 Å². The van der Waals surface area contributed by atoms with Crippen LogP contribution in [0.4, 0.5) is 18.9 Å². The van der Waals surface area contributed by atoms with Gasteiger partial charge in [0.1, 0.15) is 6.54 Å². The van der Waals surface area contributed by atoms with Gasteiger partial charge in [-0.15, -0.1) is 0 Å². The molecular weight excluding hydrogens is 531 g/mol. The summed E-state index contributed by atoms with van der Waals surface area (Å²) in [4.78, 5) is 18.0. The number of hydrogen-bond acceptors (Lipinski definition) is 9. The highest BCUT2D eigenvalue weighted by Crippen LogP contribution is 2.31. The van der Waals surface area contributed by atoms with Gasteiger partial charge in [0.05, 0.1) is 10.7 Å². The first-order chi connectivity index (χ1) is 18.1. The summed E-state index contributed by atoms with van der Waals surface area (Å²) in [6, 6.07) is 9.49. The van der Waals surface area contributed by atoms with Gasteiger partial charge in [-0.05, 0) is 44.3 Å². The van der Waals surface area contributed by atoms with Crippen molar-refractivity contribution in [3.8, 4) is 23.0 Å². The number of halogens is 4. The second kappa shape index (κ2) is 11.6. The molecule has 38 heavy (non-hydrogen) atoms. The van der Waals surface area contributed by atoms with Crippen LogP contribution in [0, 0.1) is 0 Å². The van der Waals surface area contributed by atoms with Crippen molar-refractivity contribution in [2.24, 2.45) is 0 Å². The highest BCUT2D eigenvalue weighted by atomic mass is 35.5. The Morgan fingerprint density at radius 1 is 1.13 bits per heavy atom. The van der Waals surface area contributed by atoms with E-state index in [9.17, 15) is 13.2 Å². The van der Waals surface area contributed by atoms with Crippen molar-refractivity contribution in [1.29, 1.82) is 0 Å². The van der Waals surface area contributed by atoms with Crippen LogP contribution in [0.5, 0.6) is 0 Å². The Balaban J connectivity index is 0.000000426. The van der Waals surface area contributed by atoms with Crippen LogP contribution in [0.3, 0.4) is 0 Å². The Kier molecular flexibility index (Phi) is 8.32. The molecule has 4 heterocycles. The van der Waals surface area contributed by atoms with E-state index in [1.54, 1.807) is 16.9 Å². The summed E-state index contributed by atoms with van der Waals surface area (Å²) in [6.07, 6.45) is -0.406. The molecule has 0 bridgehead atoms. The predicted octanol–water partition coefficient (Wildman–Crippen LogP) is 4.07. The molecule has 1 aliphatic rings. The maximum absolute atomic E-state index is 10.6. The maximum atomic E-state index is 10.6. The van der Waals surface area contributed by atoms with Gasteiger partial charge in [0, 0.05) is 43.7 Å². The Morgan fingerprint density at radius 3 is 2.61 bits per heavy atom. The zero-order valence-corrected chi connectivity index (χ0v) is 20.9. The number of anilines is 1. The minimum absolute atomic E-state index is 0.293. The minimum atomic E-state index is -5.08. The summed E-state index contributed by atoms with van der Waals surface area (Å²) in [5, 5.41) is 20.1. The molecule has 0 saturated carbocycles. The van der Waals surface area contributed by atoms with E-state index in [0.29, 0.717) is 34.7 Å². The molecule has 0 amide bonds. The standard InChI is InChI=1S/C21H22ClN7O2.C2HF3O2/c1-27-7-3-8-28(11-10-27)19-5-4-15(12-17(19)22)20-24-21(31-26-20)18-13-16(30-25-18)14-29-9-2-6-23-29;3-2(4,5)1(6)7/h2,4-6,9,12-13H,3,7-8,10-11,14H2,1H3;(H,6,7). The molecule has 1 fully saturated rings. The van der Waals surface area contributed by atoms with Crippen molar-refractivity contribution >= 4 is 23.3 Å². The minimum Gasteiger partial charge on any atom is -0.475 e. The van der Waals surface area contributed by atoms with Crippen molar-refractivity contribution in [2.45, 2.75) is 19.1 Å². The highest BCUT2D eigenvalue weighted by molar-refractivity contribution is 6.33. The topological polar surface area (TPSA) is 127 Å². The summed E-state index contributed by atoms with van der Waals surface area (Å²) in [5.74, 6) is -1.36. The smallest absolute Gasteiger partial charge is 0.475 e. The first-order valence-electron chi connectivity index (χ1n) is 11.4. The van der Waals surface area contributed by atoms with Crippen LogP contribution < -0.4 is 4.90 Å². The molecule has 0 atom stereocenters. The molecule has 15 heteroatoms. The number of carboxylic acids is 1. The van der Waals surface area contributed by atoms with Crippen molar-refractivity contribution in [2.75, 3.05) is 38.1 Å². The fourth-order valence-corrected chi connectivity index (χ4v) is 3.98. The molecule has 1 saturated heterocycles. The van der Waals surface area contributed by atoms with E-state index in [0.717, 1.165) is 43.9 Å². The van der Waals surface area contributed by atoms with Gasteiger partial charge in [-0.2, -0.15) is 23.3 Å². The first kappa shape index (κ1) is 27.1. The molecule has 11 nitrogen and oxygen atoms in total. The fourth-order valence-electron chi connectivity index (χ4n) is 3.68. The fraction of sp³-hybridized carbons (Fsp3) is 0.348. The molecule has 0 unspecified atom stereocenters.